The van der Waals surface area contributed by atoms with E-state index in [1.807, 2.05) is 61.9 Å². The summed E-state index contributed by atoms with van der Waals surface area (Å²) in [5, 5.41) is 2.29. The fraction of sp³-hybridized carbons (Fsp3) is 0.400. The highest BCUT2D eigenvalue weighted by Gasteiger charge is 2.16. The van der Waals surface area contributed by atoms with Gasteiger partial charge in [-0.2, -0.15) is 0 Å². The van der Waals surface area contributed by atoms with Gasteiger partial charge in [0.15, 0.2) is 0 Å². The van der Waals surface area contributed by atoms with Crippen molar-refractivity contribution in [1.82, 2.24) is 9.97 Å². The van der Waals surface area contributed by atoms with E-state index in [0.29, 0.717) is 5.88 Å². The topological polar surface area (TPSA) is 35.0 Å². The summed E-state index contributed by atoms with van der Waals surface area (Å²) in [6.45, 7) is 10.6. The quantitative estimate of drug-likeness (QED) is 0.216. The number of pyridine rings is 2. The number of aryl methyl sites for hydroxylation is 2. The molecule has 0 aliphatic carbocycles. The van der Waals surface area contributed by atoms with Gasteiger partial charge in [-0.3, -0.25) is 4.98 Å². The Morgan fingerprint density at radius 1 is 0.829 bits per heavy atom. The molecular formula is C30H36N2OS2. The lowest BCUT2D eigenvalue weighted by Crippen LogP contribution is -2.23. The Balaban J connectivity index is 1.58. The number of thiophene rings is 2. The maximum atomic E-state index is 5.90. The summed E-state index contributed by atoms with van der Waals surface area (Å²) < 4.78 is 5.90. The van der Waals surface area contributed by atoms with Crippen molar-refractivity contribution in [2.75, 3.05) is 0 Å². The zero-order chi connectivity index (χ0) is 24.8. The van der Waals surface area contributed by atoms with Gasteiger partial charge in [-0.25, -0.2) is 4.98 Å². The molecule has 4 rings (SSSR count). The van der Waals surface area contributed by atoms with Crippen molar-refractivity contribution in [3.63, 3.8) is 0 Å². The lowest BCUT2D eigenvalue weighted by Gasteiger charge is -2.20. The normalized spacial score (nSPS) is 11.7. The van der Waals surface area contributed by atoms with Crippen molar-refractivity contribution in [3.05, 3.63) is 65.3 Å². The Kier molecular flexibility index (Phi) is 8.40. The molecule has 0 unspecified atom stereocenters. The molecule has 0 radical (unpaired) electrons. The zero-order valence-electron chi connectivity index (χ0n) is 21.6. The van der Waals surface area contributed by atoms with Crippen LogP contribution in [-0.2, 0) is 12.8 Å². The standard InChI is InChI=1S/C30H36N2OS2/c1-6-8-10-21-16-26(34-20-21)23-12-14-25(31-18-23)29-22(11-9-7-2)17-27(35-29)24-13-15-28(32-19-24)33-30(3,4)5/h12-20H,6-11H2,1-5H3. The average Bonchev–Trinajstić information content (AvgIpc) is 3.48. The molecule has 0 saturated heterocycles. The van der Waals surface area contributed by atoms with E-state index in [9.17, 15) is 0 Å². The molecule has 4 heterocycles. The Bertz CT molecular complexity index is 1210. The van der Waals surface area contributed by atoms with Crippen molar-refractivity contribution in [2.24, 2.45) is 0 Å². The highest BCUT2D eigenvalue weighted by molar-refractivity contribution is 7.19. The van der Waals surface area contributed by atoms with E-state index in [-0.39, 0.29) is 5.60 Å². The first-order valence-electron chi connectivity index (χ1n) is 12.7. The molecule has 0 bridgehead atoms. The van der Waals surface area contributed by atoms with Crippen LogP contribution in [0.5, 0.6) is 5.88 Å². The second-order valence-electron chi connectivity index (χ2n) is 10.0. The summed E-state index contributed by atoms with van der Waals surface area (Å²) in [6.07, 6.45) is 11.0. The predicted octanol–water partition coefficient (Wildman–Crippen LogP) is 9.46. The van der Waals surface area contributed by atoms with Gasteiger partial charge in [0, 0.05) is 39.3 Å². The fourth-order valence-corrected chi connectivity index (χ4v) is 6.07. The number of aromatic nitrogens is 2. The van der Waals surface area contributed by atoms with Crippen molar-refractivity contribution < 1.29 is 4.74 Å². The summed E-state index contributed by atoms with van der Waals surface area (Å²) in [5.41, 5.74) is 5.94. The third kappa shape index (κ3) is 6.80. The average molecular weight is 505 g/mol. The molecule has 35 heavy (non-hydrogen) atoms. The van der Waals surface area contributed by atoms with E-state index in [1.165, 1.54) is 57.0 Å². The van der Waals surface area contributed by atoms with Crippen LogP contribution in [0, 0.1) is 0 Å². The van der Waals surface area contributed by atoms with Crippen LogP contribution in [0.3, 0.4) is 0 Å². The predicted molar refractivity (Wildman–Crippen MR) is 152 cm³/mol. The summed E-state index contributed by atoms with van der Waals surface area (Å²) in [4.78, 5) is 13.3. The van der Waals surface area contributed by atoms with Crippen LogP contribution in [0.1, 0.15) is 71.4 Å². The molecule has 0 spiro atoms. The van der Waals surface area contributed by atoms with Gasteiger partial charge < -0.3 is 4.74 Å². The highest BCUT2D eigenvalue weighted by atomic mass is 32.1. The Morgan fingerprint density at radius 3 is 2.20 bits per heavy atom. The van der Waals surface area contributed by atoms with Gasteiger partial charge in [-0.15, -0.1) is 22.7 Å². The van der Waals surface area contributed by atoms with Crippen LogP contribution >= 0.6 is 22.7 Å². The summed E-state index contributed by atoms with van der Waals surface area (Å²) >= 11 is 3.63. The molecule has 0 amide bonds. The summed E-state index contributed by atoms with van der Waals surface area (Å²) in [7, 11) is 0. The third-order valence-electron chi connectivity index (χ3n) is 5.79. The minimum absolute atomic E-state index is 0.254. The SMILES string of the molecule is CCCCc1csc(-c2ccc(-c3sc(-c4ccc(OC(C)(C)C)nc4)cc3CCCC)nc2)c1. The monoisotopic (exact) mass is 504 g/mol. The molecule has 0 saturated carbocycles. The van der Waals surface area contributed by atoms with Gasteiger partial charge in [0.05, 0.1) is 10.6 Å². The third-order valence-corrected chi connectivity index (χ3v) is 8.07. The fourth-order valence-electron chi connectivity index (χ4n) is 3.95. The van der Waals surface area contributed by atoms with Gasteiger partial charge in [-0.1, -0.05) is 26.7 Å². The molecule has 0 aliphatic rings. The second-order valence-corrected chi connectivity index (χ2v) is 12.0. The van der Waals surface area contributed by atoms with Gasteiger partial charge >= 0.3 is 0 Å². The molecule has 3 nitrogen and oxygen atoms in total. The molecule has 184 valence electrons. The van der Waals surface area contributed by atoms with Crippen molar-refractivity contribution in [3.8, 4) is 37.3 Å². The number of nitrogens with zero attached hydrogens (tertiary/aromatic N) is 2. The lowest BCUT2D eigenvalue weighted by atomic mass is 10.1. The Morgan fingerprint density at radius 2 is 1.54 bits per heavy atom. The first-order chi connectivity index (χ1) is 16.9. The number of rotatable bonds is 10. The van der Waals surface area contributed by atoms with E-state index in [1.54, 1.807) is 0 Å². The van der Waals surface area contributed by atoms with Gasteiger partial charge in [-0.05, 0) is 93.3 Å². The van der Waals surface area contributed by atoms with Gasteiger partial charge in [0.25, 0.3) is 0 Å². The first kappa shape index (κ1) is 25.6. The van der Waals surface area contributed by atoms with Crippen molar-refractivity contribution in [2.45, 2.75) is 78.7 Å². The van der Waals surface area contributed by atoms with Crippen LogP contribution < -0.4 is 4.74 Å². The van der Waals surface area contributed by atoms with E-state index >= 15 is 0 Å². The van der Waals surface area contributed by atoms with E-state index in [4.69, 9.17) is 9.72 Å². The van der Waals surface area contributed by atoms with E-state index in [0.717, 1.165) is 24.1 Å². The molecule has 4 aromatic heterocycles. The Hall–Kier alpha value is -2.50. The molecule has 0 N–H and O–H groups in total. The van der Waals surface area contributed by atoms with E-state index < -0.39 is 0 Å². The maximum absolute atomic E-state index is 5.90. The van der Waals surface area contributed by atoms with E-state index in [2.05, 4.69) is 54.5 Å². The molecule has 0 aromatic carbocycles. The summed E-state index contributed by atoms with van der Waals surface area (Å²) in [6, 6.07) is 13.1. The van der Waals surface area contributed by atoms with Crippen molar-refractivity contribution in [1.29, 1.82) is 0 Å². The summed E-state index contributed by atoms with van der Waals surface area (Å²) in [5.74, 6) is 0.660. The molecular weight excluding hydrogens is 468 g/mol. The zero-order valence-corrected chi connectivity index (χ0v) is 23.2. The van der Waals surface area contributed by atoms with Crippen molar-refractivity contribution >= 4 is 22.7 Å². The first-order valence-corrected chi connectivity index (χ1v) is 14.4. The molecule has 0 aliphatic heterocycles. The van der Waals surface area contributed by atoms with Crippen LogP contribution in [0.4, 0.5) is 0 Å². The second kappa shape index (κ2) is 11.5. The van der Waals surface area contributed by atoms with Gasteiger partial charge in [0.2, 0.25) is 5.88 Å². The largest absolute Gasteiger partial charge is 0.472 e. The smallest absolute Gasteiger partial charge is 0.213 e. The number of ether oxygens (including phenoxy) is 1. The van der Waals surface area contributed by atoms with Gasteiger partial charge in [0.1, 0.15) is 5.60 Å². The van der Waals surface area contributed by atoms with Crippen LogP contribution in [0.25, 0.3) is 31.5 Å². The molecule has 4 aromatic rings. The number of hydrogen-bond acceptors (Lipinski definition) is 5. The molecule has 5 heteroatoms. The maximum Gasteiger partial charge on any atom is 0.213 e. The highest BCUT2D eigenvalue weighted by Crippen LogP contribution is 2.39. The Labute approximate surface area is 218 Å². The van der Waals surface area contributed by atoms with Crippen LogP contribution in [0.2, 0.25) is 0 Å². The minimum atomic E-state index is -0.254. The lowest BCUT2D eigenvalue weighted by molar-refractivity contribution is 0.124. The van der Waals surface area contributed by atoms with Crippen LogP contribution in [0.15, 0.2) is 54.2 Å². The molecule has 0 fully saturated rings. The van der Waals surface area contributed by atoms with Crippen LogP contribution in [-0.4, -0.2) is 15.6 Å². The minimum Gasteiger partial charge on any atom is -0.472 e. The number of unbranched alkanes of at least 4 members (excludes halogenated alkanes) is 2. The number of hydrogen-bond donors (Lipinski definition) is 0. The molecule has 0 atom stereocenters.